The summed E-state index contributed by atoms with van der Waals surface area (Å²) in [6.45, 7) is 4.53. The van der Waals surface area contributed by atoms with Crippen LogP contribution in [0.3, 0.4) is 0 Å². The number of carbonyl (C=O) groups is 1. The van der Waals surface area contributed by atoms with Gasteiger partial charge in [-0.25, -0.2) is 4.98 Å². The molecule has 11 heteroatoms. The molecule has 1 unspecified atom stereocenters. The first kappa shape index (κ1) is 24.2. The monoisotopic (exact) mass is 476 g/mol. The number of ether oxygens (including phenoxy) is 4. The van der Waals surface area contributed by atoms with Gasteiger partial charge < -0.3 is 34.3 Å². The second kappa shape index (κ2) is 11.5. The molecule has 3 N–H and O–H groups in total. The van der Waals surface area contributed by atoms with Crippen molar-refractivity contribution in [3.05, 3.63) is 12.1 Å². The highest BCUT2D eigenvalue weighted by molar-refractivity contribution is 5.91. The van der Waals surface area contributed by atoms with Gasteiger partial charge in [-0.1, -0.05) is 0 Å². The summed E-state index contributed by atoms with van der Waals surface area (Å²) >= 11 is 0. The molecule has 0 spiro atoms. The Labute approximate surface area is 198 Å². The molecule has 4 rings (SSSR count). The Morgan fingerprint density at radius 3 is 2.65 bits per heavy atom. The molecule has 2 aliphatic heterocycles. The molecule has 1 aromatic heterocycles. The van der Waals surface area contributed by atoms with Crippen molar-refractivity contribution < 1.29 is 33.8 Å². The minimum absolute atomic E-state index is 0.00714. The van der Waals surface area contributed by atoms with Crippen molar-refractivity contribution in [3.8, 4) is 11.5 Å². The maximum Gasteiger partial charge on any atom is 0.347 e. The fourth-order valence-electron chi connectivity index (χ4n) is 4.30. The van der Waals surface area contributed by atoms with Gasteiger partial charge in [-0.05, 0) is 12.8 Å². The van der Waals surface area contributed by atoms with Crippen LogP contribution in [0.1, 0.15) is 12.8 Å². The lowest BCUT2D eigenvalue weighted by molar-refractivity contribution is -0.349. The third-order valence-corrected chi connectivity index (χ3v) is 6.11. The van der Waals surface area contributed by atoms with E-state index in [1.54, 1.807) is 14.2 Å². The van der Waals surface area contributed by atoms with Crippen LogP contribution in [0.15, 0.2) is 12.1 Å². The molecule has 3 heterocycles. The zero-order valence-corrected chi connectivity index (χ0v) is 19.8. The maximum absolute atomic E-state index is 12.7. The van der Waals surface area contributed by atoms with Crippen molar-refractivity contribution in [2.75, 3.05) is 83.6 Å². The summed E-state index contributed by atoms with van der Waals surface area (Å²) in [4.78, 5) is 25.0. The number of aliphatic hydroxyl groups excluding tert-OH is 1. The number of piperazine rings is 1. The number of nitrogens with one attached hydrogen (secondary N) is 2. The standard InChI is InChI=1S/C23H33N5O6/c1-31-19-14-16-17(15-20(19)32-2)25-23(26-21(16)24-5-12-33-13-10-29)28-8-6-27(7-9-28)22(30)18-4-3-11-34-18/h14-15,18,29H,3-13H2,1-2H3,(H,24,25,26)/p+1. The number of methoxy groups -OCH3 is 2. The van der Waals surface area contributed by atoms with E-state index in [4.69, 9.17) is 29.0 Å². The highest BCUT2D eigenvalue weighted by Crippen LogP contribution is 2.34. The number of fused-ring (bicyclic) bond motifs is 1. The predicted molar refractivity (Wildman–Crippen MR) is 126 cm³/mol. The summed E-state index contributed by atoms with van der Waals surface area (Å²) in [5.41, 5.74) is 0.753. The molecule has 0 bridgehead atoms. The average molecular weight is 477 g/mol. The van der Waals surface area contributed by atoms with E-state index in [1.807, 2.05) is 17.0 Å². The number of aliphatic hydroxyl groups is 1. The van der Waals surface area contributed by atoms with Crippen molar-refractivity contribution in [2.24, 2.45) is 0 Å². The van der Waals surface area contributed by atoms with E-state index >= 15 is 0 Å². The smallest absolute Gasteiger partial charge is 0.347 e. The number of H-pyrrole nitrogens is 1. The number of aromatic amines is 1. The van der Waals surface area contributed by atoms with E-state index in [9.17, 15) is 4.79 Å². The van der Waals surface area contributed by atoms with Crippen molar-refractivity contribution in [1.82, 2.24) is 9.88 Å². The van der Waals surface area contributed by atoms with Gasteiger partial charge in [0.05, 0.1) is 59.1 Å². The van der Waals surface area contributed by atoms with E-state index in [2.05, 4.69) is 15.2 Å². The Morgan fingerprint density at radius 2 is 1.97 bits per heavy atom. The number of hydrogen-bond donors (Lipinski definition) is 2. The van der Waals surface area contributed by atoms with Crippen LogP contribution < -0.4 is 24.7 Å². The number of rotatable bonds is 10. The fraction of sp³-hybridized carbons (Fsp3) is 0.609. The number of amides is 1. The van der Waals surface area contributed by atoms with Crippen LogP contribution in [0.2, 0.25) is 0 Å². The zero-order valence-electron chi connectivity index (χ0n) is 19.8. The lowest BCUT2D eigenvalue weighted by atomic mass is 10.2. The molecule has 11 nitrogen and oxygen atoms in total. The first-order valence-corrected chi connectivity index (χ1v) is 11.7. The molecule has 186 valence electrons. The molecule has 34 heavy (non-hydrogen) atoms. The molecular formula is C23H34N5O6+. The van der Waals surface area contributed by atoms with E-state index in [0.29, 0.717) is 70.0 Å². The first-order valence-electron chi connectivity index (χ1n) is 11.7. The minimum Gasteiger partial charge on any atom is -0.493 e. The molecular weight excluding hydrogens is 442 g/mol. The van der Waals surface area contributed by atoms with Gasteiger partial charge in [0, 0.05) is 31.8 Å². The van der Waals surface area contributed by atoms with Crippen molar-refractivity contribution in [2.45, 2.75) is 18.9 Å². The quantitative estimate of drug-likeness (QED) is 0.467. The molecule has 1 aromatic carbocycles. The highest BCUT2D eigenvalue weighted by Gasteiger charge is 2.32. The minimum atomic E-state index is -0.289. The number of aromatic nitrogens is 2. The van der Waals surface area contributed by atoms with Gasteiger partial charge in [-0.2, -0.15) is 0 Å². The zero-order chi connectivity index (χ0) is 23.9. The number of hydrogen-bond acceptors (Lipinski definition) is 9. The molecule has 0 saturated carbocycles. The fourth-order valence-corrected chi connectivity index (χ4v) is 4.30. The van der Waals surface area contributed by atoms with Crippen LogP contribution >= 0.6 is 0 Å². The molecule has 2 saturated heterocycles. The number of nitrogens with zero attached hydrogens (tertiary/aromatic N) is 3. The van der Waals surface area contributed by atoms with E-state index < -0.39 is 0 Å². The van der Waals surface area contributed by atoms with E-state index in [1.165, 1.54) is 0 Å². The molecule has 2 aromatic rings. The summed E-state index contributed by atoms with van der Waals surface area (Å²) in [6, 6.07) is 3.74. The van der Waals surface area contributed by atoms with Crippen LogP contribution in [0.4, 0.5) is 11.8 Å². The first-order chi connectivity index (χ1) is 16.6. The molecule has 1 atom stereocenters. The second-order valence-corrected chi connectivity index (χ2v) is 8.24. The Hall–Kier alpha value is -2.89. The highest BCUT2D eigenvalue weighted by atomic mass is 16.5. The molecule has 2 aliphatic rings. The second-order valence-electron chi connectivity index (χ2n) is 8.24. The van der Waals surface area contributed by atoms with E-state index in [-0.39, 0.29) is 18.6 Å². The Kier molecular flexibility index (Phi) is 8.20. The Morgan fingerprint density at radius 1 is 1.21 bits per heavy atom. The molecule has 1 amide bonds. The lowest BCUT2D eigenvalue weighted by Crippen LogP contribution is -2.52. The number of benzene rings is 1. The van der Waals surface area contributed by atoms with Crippen LogP contribution in [0, 0.1) is 0 Å². The molecule has 0 aliphatic carbocycles. The lowest BCUT2D eigenvalue weighted by Gasteiger charge is -2.33. The average Bonchev–Trinajstić information content (AvgIpc) is 3.42. The summed E-state index contributed by atoms with van der Waals surface area (Å²) in [5.74, 6) is 2.80. The summed E-state index contributed by atoms with van der Waals surface area (Å²) in [5, 5.41) is 13.1. The third-order valence-electron chi connectivity index (χ3n) is 6.11. The normalized spacial score (nSPS) is 18.4. The van der Waals surface area contributed by atoms with Crippen LogP contribution in [0.25, 0.3) is 10.9 Å². The Balaban J connectivity index is 1.53. The number of carbonyl (C=O) groups excluding carboxylic acids is 1. The van der Waals surface area contributed by atoms with Gasteiger partial charge >= 0.3 is 5.95 Å². The molecule has 0 radical (unpaired) electrons. The van der Waals surface area contributed by atoms with Crippen LogP contribution in [-0.4, -0.2) is 100 Å². The van der Waals surface area contributed by atoms with Gasteiger partial charge in [0.2, 0.25) is 5.82 Å². The largest absolute Gasteiger partial charge is 0.493 e. The van der Waals surface area contributed by atoms with Crippen molar-refractivity contribution >= 4 is 28.6 Å². The summed E-state index contributed by atoms with van der Waals surface area (Å²) < 4.78 is 21.9. The SMILES string of the molecule is COc1cc2nc(N3CCN(C(=O)C4CCCO4)CC3)[nH+]c(NCCOCCO)c2cc1OC. The van der Waals surface area contributed by atoms with Gasteiger partial charge in [-0.15, -0.1) is 4.98 Å². The molecule has 2 fully saturated rings. The number of anilines is 2. The van der Waals surface area contributed by atoms with Gasteiger partial charge in [-0.3, -0.25) is 9.69 Å². The van der Waals surface area contributed by atoms with Crippen LogP contribution in [0.5, 0.6) is 11.5 Å². The predicted octanol–water partition coefficient (Wildman–Crippen LogP) is 0.315. The van der Waals surface area contributed by atoms with Gasteiger partial charge in [0.25, 0.3) is 5.91 Å². The maximum atomic E-state index is 12.7. The van der Waals surface area contributed by atoms with Crippen molar-refractivity contribution in [3.63, 3.8) is 0 Å². The van der Waals surface area contributed by atoms with Crippen molar-refractivity contribution in [1.29, 1.82) is 0 Å². The van der Waals surface area contributed by atoms with E-state index in [0.717, 1.165) is 29.6 Å². The van der Waals surface area contributed by atoms with Crippen LogP contribution in [-0.2, 0) is 14.3 Å². The summed E-state index contributed by atoms with van der Waals surface area (Å²) in [6.07, 6.45) is 1.46. The van der Waals surface area contributed by atoms with Gasteiger partial charge in [0.1, 0.15) is 11.6 Å². The topological polar surface area (TPSA) is 120 Å². The third kappa shape index (κ3) is 5.43. The summed E-state index contributed by atoms with van der Waals surface area (Å²) in [7, 11) is 3.20. The van der Waals surface area contributed by atoms with Gasteiger partial charge in [0.15, 0.2) is 11.5 Å². The Bertz CT molecular complexity index is 976.